The van der Waals surface area contributed by atoms with Crippen LogP contribution in [0, 0.1) is 6.92 Å². The average Bonchev–Trinajstić information content (AvgIpc) is 2.41. The van der Waals surface area contributed by atoms with Crippen molar-refractivity contribution >= 4 is 17.4 Å². The van der Waals surface area contributed by atoms with E-state index in [0.29, 0.717) is 6.61 Å². The number of thioether (sulfide) groups is 1. The van der Waals surface area contributed by atoms with Crippen LogP contribution in [0.25, 0.3) is 0 Å². The first-order valence-electron chi connectivity index (χ1n) is 6.11. The maximum atomic E-state index is 5.82. The zero-order valence-electron chi connectivity index (χ0n) is 11.1. The highest BCUT2D eigenvalue weighted by molar-refractivity contribution is 7.98. The molecule has 2 aromatic rings. The topological polar surface area (TPSA) is 61.0 Å². The standard InChI is InChI=1S/C14H17N3OS/c1-3-18-13-5-4-12(15)6-11(13)9-19-14-16-7-10(2)8-17-14/h4-8H,3,9,15H2,1-2H3. The fraction of sp³-hybridized carbons (Fsp3) is 0.286. The van der Waals surface area contributed by atoms with Gasteiger partial charge in [-0.05, 0) is 37.6 Å². The summed E-state index contributed by atoms with van der Waals surface area (Å²) in [5, 5.41) is 0.760. The summed E-state index contributed by atoms with van der Waals surface area (Å²) in [4.78, 5) is 8.54. The van der Waals surface area contributed by atoms with Crippen LogP contribution in [0.15, 0.2) is 35.7 Å². The number of aromatic nitrogens is 2. The lowest BCUT2D eigenvalue weighted by molar-refractivity contribution is 0.337. The third-order valence-electron chi connectivity index (χ3n) is 2.50. The number of aryl methyl sites for hydroxylation is 1. The largest absolute Gasteiger partial charge is 0.494 e. The summed E-state index contributed by atoms with van der Waals surface area (Å²) in [5.41, 5.74) is 8.68. The second kappa shape index (κ2) is 6.43. The zero-order valence-corrected chi connectivity index (χ0v) is 11.9. The zero-order chi connectivity index (χ0) is 13.7. The summed E-state index contributed by atoms with van der Waals surface area (Å²) in [7, 11) is 0. The third-order valence-corrected chi connectivity index (χ3v) is 3.42. The van der Waals surface area contributed by atoms with Crippen molar-refractivity contribution in [3.8, 4) is 5.75 Å². The van der Waals surface area contributed by atoms with Crippen molar-refractivity contribution in [3.63, 3.8) is 0 Å². The molecule has 0 aliphatic heterocycles. The summed E-state index contributed by atoms with van der Waals surface area (Å²) in [5.74, 6) is 1.61. The Hall–Kier alpha value is -1.75. The number of benzene rings is 1. The highest BCUT2D eigenvalue weighted by Gasteiger charge is 2.06. The van der Waals surface area contributed by atoms with E-state index in [1.807, 2.05) is 44.4 Å². The minimum atomic E-state index is 0.641. The molecule has 0 atom stereocenters. The maximum Gasteiger partial charge on any atom is 0.187 e. The monoisotopic (exact) mass is 275 g/mol. The first-order valence-corrected chi connectivity index (χ1v) is 7.10. The molecular weight excluding hydrogens is 258 g/mol. The number of nitrogens with zero attached hydrogens (tertiary/aromatic N) is 2. The molecule has 100 valence electrons. The SMILES string of the molecule is CCOc1ccc(N)cc1CSc1ncc(C)cn1. The van der Waals surface area contributed by atoms with Crippen LogP contribution in [0.5, 0.6) is 5.75 Å². The lowest BCUT2D eigenvalue weighted by atomic mass is 10.2. The van der Waals surface area contributed by atoms with Gasteiger partial charge in [0.1, 0.15) is 5.75 Å². The second-order valence-electron chi connectivity index (χ2n) is 4.13. The van der Waals surface area contributed by atoms with Crippen LogP contribution in [0.2, 0.25) is 0 Å². The van der Waals surface area contributed by atoms with Gasteiger partial charge in [0.25, 0.3) is 0 Å². The molecule has 0 spiro atoms. The van der Waals surface area contributed by atoms with E-state index in [-0.39, 0.29) is 0 Å². The van der Waals surface area contributed by atoms with Crippen molar-refractivity contribution in [2.45, 2.75) is 24.8 Å². The molecule has 4 nitrogen and oxygen atoms in total. The Balaban J connectivity index is 2.09. The van der Waals surface area contributed by atoms with Gasteiger partial charge in [0, 0.05) is 29.4 Å². The predicted molar refractivity (Wildman–Crippen MR) is 78.4 cm³/mol. The summed E-state index contributed by atoms with van der Waals surface area (Å²) in [6.45, 7) is 4.58. The van der Waals surface area contributed by atoms with E-state index in [1.165, 1.54) is 0 Å². The van der Waals surface area contributed by atoms with Gasteiger partial charge in [-0.15, -0.1) is 0 Å². The van der Waals surface area contributed by atoms with E-state index in [2.05, 4.69) is 9.97 Å². The fourth-order valence-corrected chi connectivity index (χ4v) is 2.37. The van der Waals surface area contributed by atoms with Gasteiger partial charge in [-0.25, -0.2) is 9.97 Å². The molecule has 0 aliphatic carbocycles. The van der Waals surface area contributed by atoms with E-state index < -0.39 is 0 Å². The van der Waals surface area contributed by atoms with Gasteiger partial charge < -0.3 is 10.5 Å². The lowest BCUT2D eigenvalue weighted by Gasteiger charge is -2.10. The highest BCUT2D eigenvalue weighted by Crippen LogP contribution is 2.28. The van der Waals surface area contributed by atoms with Gasteiger partial charge in [0.05, 0.1) is 6.61 Å². The van der Waals surface area contributed by atoms with E-state index in [4.69, 9.17) is 10.5 Å². The molecule has 0 saturated carbocycles. The molecule has 0 saturated heterocycles. The quantitative estimate of drug-likeness (QED) is 0.516. The summed E-state index contributed by atoms with van der Waals surface area (Å²) >= 11 is 1.57. The van der Waals surface area contributed by atoms with E-state index in [1.54, 1.807) is 11.8 Å². The molecule has 1 heterocycles. The fourth-order valence-electron chi connectivity index (χ4n) is 1.61. The minimum Gasteiger partial charge on any atom is -0.494 e. The van der Waals surface area contributed by atoms with Gasteiger partial charge >= 0.3 is 0 Å². The van der Waals surface area contributed by atoms with Crippen LogP contribution >= 0.6 is 11.8 Å². The number of anilines is 1. The van der Waals surface area contributed by atoms with Crippen molar-refractivity contribution in [1.82, 2.24) is 9.97 Å². The van der Waals surface area contributed by atoms with Gasteiger partial charge in [-0.1, -0.05) is 11.8 Å². The molecule has 5 heteroatoms. The van der Waals surface area contributed by atoms with Crippen molar-refractivity contribution in [1.29, 1.82) is 0 Å². The van der Waals surface area contributed by atoms with Crippen molar-refractivity contribution in [3.05, 3.63) is 41.7 Å². The first-order chi connectivity index (χ1) is 9.19. The molecule has 2 N–H and O–H groups in total. The van der Waals surface area contributed by atoms with Crippen LogP contribution < -0.4 is 10.5 Å². The average molecular weight is 275 g/mol. The van der Waals surface area contributed by atoms with Crippen LogP contribution in [0.1, 0.15) is 18.1 Å². The predicted octanol–water partition coefficient (Wildman–Crippen LogP) is 3.06. The van der Waals surface area contributed by atoms with Crippen molar-refractivity contribution < 1.29 is 4.74 Å². The van der Waals surface area contributed by atoms with E-state index in [9.17, 15) is 0 Å². The highest BCUT2D eigenvalue weighted by atomic mass is 32.2. The number of ether oxygens (including phenoxy) is 1. The molecular formula is C14H17N3OS. The van der Waals surface area contributed by atoms with E-state index >= 15 is 0 Å². The normalized spacial score (nSPS) is 10.4. The summed E-state index contributed by atoms with van der Waals surface area (Å²) in [6, 6.07) is 5.69. The van der Waals surface area contributed by atoms with Gasteiger partial charge in [-0.3, -0.25) is 0 Å². The Bertz CT molecular complexity index is 543. The number of hydrogen-bond acceptors (Lipinski definition) is 5. The summed E-state index contributed by atoms with van der Waals surface area (Å²) < 4.78 is 5.59. The number of nitrogen functional groups attached to an aromatic ring is 1. The molecule has 0 unspecified atom stereocenters. The van der Waals surface area contributed by atoms with Crippen LogP contribution in [0.4, 0.5) is 5.69 Å². The number of rotatable bonds is 5. The van der Waals surface area contributed by atoms with Crippen LogP contribution in [0.3, 0.4) is 0 Å². The Morgan fingerprint density at radius 1 is 1.26 bits per heavy atom. The molecule has 0 aliphatic rings. The molecule has 2 rings (SSSR count). The lowest BCUT2D eigenvalue weighted by Crippen LogP contribution is -1.98. The number of hydrogen-bond donors (Lipinski definition) is 1. The Kier molecular flexibility index (Phi) is 4.63. The maximum absolute atomic E-state index is 5.82. The van der Waals surface area contributed by atoms with Crippen molar-refractivity contribution in [2.75, 3.05) is 12.3 Å². The summed E-state index contributed by atoms with van der Waals surface area (Å²) in [6.07, 6.45) is 3.64. The Labute approximate surface area is 117 Å². The van der Waals surface area contributed by atoms with Gasteiger partial charge in [-0.2, -0.15) is 0 Å². The smallest absolute Gasteiger partial charge is 0.187 e. The van der Waals surface area contributed by atoms with Crippen LogP contribution in [-0.4, -0.2) is 16.6 Å². The van der Waals surface area contributed by atoms with Crippen molar-refractivity contribution in [2.24, 2.45) is 0 Å². The number of nitrogens with two attached hydrogens (primary N) is 1. The molecule has 0 bridgehead atoms. The third kappa shape index (κ3) is 3.86. The Morgan fingerprint density at radius 3 is 2.68 bits per heavy atom. The molecule has 1 aromatic heterocycles. The molecule has 1 aromatic carbocycles. The van der Waals surface area contributed by atoms with Gasteiger partial charge in [0.15, 0.2) is 5.16 Å². The molecule has 0 radical (unpaired) electrons. The minimum absolute atomic E-state index is 0.641. The molecule has 0 amide bonds. The van der Waals surface area contributed by atoms with Gasteiger partial charge in [0.2, 0.25) is 0 Å². The van der Waals surface area contributed by atoms with Crippen LogP contribution in [-0.2, 0) is 5.75 Å². The second-order valence-corrected chi connectivity index (χ2v) is 5.07. The molecule has 0 fully saturated rings. The molecule has 19 heavy (non-hydrogen) atoms. The first kappa shape index (κ1) is 13.7. The Morgan fingerprint density at radius 2 is 2.00 bits per heavy atom. The van der Waals surface area contributed by atoms with E-state index in [0.717, 1.165) is 33.5 Å².